The Hall–Kier alpha value is -2.81. The van der Waals surface area contributed by atoms with Gasteiger partial charge < -0.3 is 14.6 Å². The van der Waals surface area contributed by atoms with E-state index in [4.69, 9.17) is 16.3 Å². The van der Waals surface area contributed by atoms with Crippen molar-refractivity contribution in [3.8, 4) is 0 Å². The standard InChI is InChI=1S/C15H10ClF3N2O4/c1-2-24-15(23)8(5-20-14-9(16)6-25-21-14)13(22)7-3-11(18)12(19)4-10(7)17/h3-6H,2H2,1H3,(H,20,21)/b8-5-. The zero-order chi connectivity index (χ0) is 18.6. The maximum absolute atomic E-state index is 13.8. The number of ether oxygens (including phenoxy) is 1. The summed E-state index contributed by atoms with van der Waals surface area (Å²) in [5.74, 6) is -6.60. The van der Waals surface area contributed by atoms with E-state index in [2.05, 4.69) is 15.0 Å². The molecule has 0 saturated carbocycles. The summed E-state index contributed by atoms with van der Waals surface area (Å²) in [6.45, 7) is 1.41. The number of halogens is 4. The van der Waals surface area contributed by atoms with Crippen LogP contribution in [0.15, 0.2) is 34.7 Å². The molecular weight excluding hydrogens is 365 g/mol. The Morgan fingerprint density at radius 3 is 2.56 bits per heavy atom. The molecule has 0 spiro atoms. The first-order valence-corrected chi connectivity index (χ1v) is 7.15. The molecule has 6 nitrogen and oxygen atoms in total. The van der Waals surface area contributed by atoms with Crippen LogP contribution in [0.5, 0.6) is 0 Å². The number of benzene rings is 1. The van der Waals surface area contributed by atoms with Crippen LogP contribution in [0.1, 0.15) is 17.3 Å². The van der Waals surface area contributed by atoms with Gasteiger partial charge in [0.15, 0.2) is 17.5 Å². The Balaban J connectivity index is 2.41. The summed E-state index contributed by atoms with van der Waals surface area (Å²) in [6.07, 6.45) is 1.93. The molecule has 0 unspecified atom stereocenters. The van der Waals surface area contributed by atoms with E-state index in [9.17, 15) is 22.8 Å². The average Bonchev–Trinajstić information content (AvgIpc) is 2.96. The molecule has 1 N–H and O–H groups in total. The van der Waals surface area contributed by atoms with Crippen molar-refractivity contribution >= 4 is 29.2 Å². The Labute approximate surface area is 144 Å². The van der Waals surface area contributed by atoms with Crippen LogP contribution in [0.25, 0.3) is 0 Å². The van der Waals surface area contributed by atoms with Crippen molar-refractivity contribution < 1.29 is 32.0 Å². The highest BCUT2D eigenvalue weighted by atomic mass is 35.5. The molecule has 1 heterocycles. The van der Waals surface area contributed by atoms with E-state index in [-0.39, 0.29) is 23.5 Å². The minimum absolute atomic E-state index is 0.0259. The molecule has 0 saturated heterocycles. The lowest BCUT2D eigenvalue weighted by Gasteiger charge is -2.08. The summed E-state index contributed by atoms with van der Waals surface area (Å²) in [5.41, 5.74) is -1.52. The lowest BCUT2D eigenvalue weighted by Crippen LogP contribution is -2.19. The fourth-order valence-corrected chi connectivity index (χ4v) is 1.86. The summed E-state index contributed by atoms with van der Waals surface area (Å²) in [6, 6.07) is 0.552. The molecule has 0 aliphatic carbocycles. The monoisotopic (exact) mass is 374 g/mol. The largest absolute Gasteiger partial charge is 0.462 e. The van der Waals surface area contributed by atoms with E-state index in [1.807, 2.05) is 0 Å². The molecule has 10 heteroatoms. The zero-order valence-corrected chi connectivity index (χ0v) is 13.4. The van der Waals surface area contributed by atoms with Crippen molar-refractivity contribution in [3.63, 3.8) is 0 Å². The molecule has 0 fully saturated rings. The summed E-state index contributed by atoms with van der Waals surface area (Å²) < 4.78 is 49.4. The first kappa shape index (κ1) is 18.5. The smallest absolute Gasteiger partial charge is 0.343 e. The van der Waals surface area contributed by atoms with Crippen LogP contribution in [-0.4, -0.2) is 23.5 Å². The number of nitrogens with one attached hydrogen (secondary N) is 1. The van der Waals surface area contributed by atoms with Gasteiger partial charge in [0.25, 0.3) is 0 Å². The molecular formula is C15H10ClF3N2O4. The summed E-state index contributed by atoms with van der Waals surface area (Å²) in [4.78, 5) is 24.3. The highest BCUT2D eigenvalue weighted by Gasteiger charge is 2.25. The number of anilines is 1. The third kappa shape index (κ3) is 4.18. The number of esters is 1. The van der Waals surface area contributed by atoms with Gasteiger partial charge in [-0.25, -0.2) is 18.0 Å². The number of nitrogens with zero attached hydrogens (tertiary/aromatic N) is 1. The Bertz CT molecular complexity index is 851. The van der Waals surface area contributed by atoms with E-state index in [0.717, 1.165) is 12.5 Å². The van der Waals surface area contributed by atoms with Crippen LogP contribution >= 0.6 is 11.6 Å². The number of ketones is 1. The van der Waals surface area contributed by atoms with Crippen LogP contribution in [0.4, 0.5) is 19.0 Å². The lowest BCUT2D eigenvalue weighted by molar-refractivity contribution is -0.138. The number of Topliss-reactive ketones (excluding diaryl/α,β-unsaturated/α-hetero) is 1. The van der Waals surface area contributed by atoms with E-state index < -0.39 is 40.3 Å². The topological polar surface area (TPSA) is 81.4 Å². The SMILES string of the molecule is CCOC(=O)/C(=C\Nc1nocc1Cl)C(=O)c1cc(F)c(F)cc1F. The highest BCUT2D eigenvalue weighted by molar-refractivity contribution is 6.32. The van der Waals surface area contributed by atoms with Crippen LogP contribution in [0.3, 0.4) is 0 Å². The molecule has 0 bridgehead atoms. The number of hydrogen-bond donors (Lipinski definition) is 1. The molecule has 0 aliphatic heterocycles. The Morgan fingerprint density at radius 1 is 1.28 bits per heavy atom. The average molecular weight is 375 g/mol. The number of carbonyl (C=O) groups is 2. The van der Waals surface area contributed by atoms with E-state index in [0.29, 0.717) is 6.07 Å². The summed E-state index contributed by atoms with van der Waals surface area (Å²) >= 11 is 5.72. The lowest BCUT2D eigenvalue weighted by atomic mass is 10.0. The predicted octanol–water partition coefficient (Wildman–Crippen LogP) is 3.49. The number of carbonyl (C=O) groups excluding carboxylic acids is 2. The summed E-state index contributed by atoms with van der Waals surface area (Å²) in [7, 11) is 0. The minimum Gasteiger partial charge on any atom is -0.462 e. The Morgan fingerprint density at radius 2 is 1.96 bits per heavy atom. The van der Waals surface area contributed by atoms with E-state index >= 15 is 0 Å². The van der Waals surface area contributed by atoms with Gasteiger partial charge in [-0.15, -0.1) is 0 Å². The Kier molecular flexibility index (Phi) is 5.81. The first-order chi connectivity index (χ1) is 11.8. The number of hydrogen-bond acceptors (Lipinski definition) is 6. The van der Waals surface area contributed by atoms with Gasteiger partial charge in [-0.1, -0.05) is 16.8 Å². The van der Waals surface area contributed by atoms with E-state index in [1.54, 1.807) is 0 Å². The number of rotatable bonds is 6. The van der Waals surface area contributed by atoms with Gasteiger partial charge in [0.2, 0.25) is 5.78 Å². The van der Waals surface area contributed by atoms with Gasteiger partial charge in [-0.05, 0) is 13.0 Å². The van der Waals surface area contributed by atoms with Crippen molar-refractivity contribution in [2.45, 2.75) is 6.92 Å². The molecule has 2 aromatic rings. The second-order valence-corrected chi connectivity index (χ2v) is 4.92. The van der Waals surface area contributed by atoms with Crippen molar-refractivity contribution in [1.29, 1.82) is 0 Å². The van der Waals surface area contributed by atoms with Crippen LogP contribution in [0.2, 0.25) is 5.02 Å². The fourth-order valence-electron chi connectivity index (χ4n) is 1.73. The zero-order valence-electron chi connectivity index (χ0n) is 12.6. The minimum atomic E-state index is -1.47. The molecule has 0 atom stereocenters. The molecule has 25 heavy (non-hydrogen) atoms. The van der Waals surface area contributed by atoms with Gasteiger partial charge in [0.1, 0.15) is 22.7 Å². The maximum Gasteiger partial charge on any atom is 0.343 e. The second kappa shape index (κ2) is 7.84. The van der Waals surface area contributed by atoms with Crippen molar-refractivity contribution in [1.82, 2.24) is 5.16 Å². The third-order valence-electron chi connectivity index (χ3n) is 2.87. The van der Waals surface area contributed by atoms with Crippen molar-refractivity contribution in [2.24, 2.45) is 0 Å². The highest BCUT2D eigenvalue weighted by Crippen LogP contribution is 2.21. The van der Waals surface area contributed by atoms with E-state index in [1.165, 1.54) is 6.92 Å². The van der Waals surface area contributed by atoms with Crippen molar-refractivity contribution in [2.75, 3.05) is 11.9 Å². The van der Waals surface area contributed by atoms with Gasteiger partial charge in [-0.3, -0.25) is 4.79 Å². The molecule has 1 aromatic heterocycles. The van der Waals surface area contributed by atoms with Crippen LogP contribution < -0.4 is 5.32 Å². The molecule has 132 valence electrons. The first-order valence-electron chi connectivity index (χ1n) is 6.78. The van der Waals surface area contributed by atoms with Gasteiger partial charge >= 0.3 is 5.97 Å². The van der Waals surface area contributed by atoms with Crippen LogP contribution in [0, 0.1) is 17.5 Å². The second-order valence-electron chi connectivity index (χ2n) is 4.51. The predicted molar refractivity (Wildman–Crippen MR) is 80.5 cm³/mol. The normalized spacial score (nSPS) is 11.3. The quantitative estimate of drug-likeness (QED) is 0.208. The fraction of sp³-hybridized carbons (Fsp3) is 0.133. The van der Waals surface area contributed by atoms with Gasteiger partial charge in [0, 0.05) is 12.3 Å². The maximum atomic E-state index is 13.8. The van der Waals surface area contributed by atoms with Crippen LogP contribution in [-0.2, 0) is 9.53 Å². The summed E-state index contributed by atoms with van der Waals surface area (Å²) in [5, 5.41) is 5.92. The molecule has 2 rings (SSSR count). The third-order valence-corrected chi connectivity index (χ3v) is 3.14. The molecule has 0 amide bonds. The van der Waals surface area contributed by atoms with Gasteiger partial charge in [-0.2, -0.15) is 0 Å². The number of aromatic nitrogens is 1. The molecule has 1 aromatic carbocycles. The molecule has 0 radical (unpaired) electrons. The van der Waals surface area contributed by atoms with Gasteiger partial charge in [0.05, 0.1) is 12.2 Å². The van der Waals surface area contributed by atoms with Crippen molar-refractivity contribution in [3.05, 3.63) is 58.2 Å². The molecule has 0 aliphatic rings.